The van der Waals surface area contributed by atoms with Crippen molar-refractivity contribution in [1.82, 2.24) is 0 Å². The van der Waals surface area contributed by atoms with Gasteiger partial charge >= 0.3 is 0 Å². The number of ether oxygens (including phenoxy) is 1. The summed E-state index contributed by atoms with van der Waals surface area (Å²) in [6.07, 6.45) is 9.46. The van der Waals surface area contributed by atoms with E-state index in [1.807, 2.05) is 0 Å². The molecule has 0 fully saturated rings. The summed E-state index contributed by atoms with van der Waals surface area (Å²) in [5.41, 5.74) is 10.9. The number of pyridine rings is 2. The first-order chi connectivity index (χ1) is 19.6. The lowest BCUT2D eigenvalue weighted by molar-refractivity contribution is -0.720. The van der Waals surface area contributed by atoms with Gasteiger partial charge in [0.1, 0.15) is 11.7 Å². The maximum atomic E-state index is 8.10. The van der Waals surface area contributed by atoms with Crippen LogP contribution in [0.4, 0.5) is 0 Å². The van der Waals surface area contributed by atoms with Crippen molar-refractivity contribution in [2.75, 3.05) is 0 Å². The summed E-state index contributed by atoms with van der Waals surface area (Å²) in [6.45, 7) is 22.3. The standard InChI is InChI=1S/C37H45N3O/c1-9-28-19-20-33-35(30-17-13-12-16-29(30)32-18-14-15-21-39(32)33)25(5)40-23-31(37(8,10-2)11-3)24(4)22-34(40)36(28)26(6)41-27(7)38/h12-18,21-23,33,35,38H,5-6,9-11,19-20H2,1-4,7-8H3/q+2/b36-28-,38-27?. The lowest BCUT2D eigenvalue weighted by Gasteiger charge is -2.31. The first-order valence-corrected chi connectivity index (χ1v) is 15.1. The highest BCUT2D eigenvalue weighted by Crippen LogP contribution is 2.46. The Morgan fingerprint density at radius 1 is 1.07 bits per heavy atom. The minimum atomic E-state index is 0.0482. The monoisotopic (exact) mass is 547 g/mol. The summed E-state index contributed by atoms with van der Waals surface area (Å²) in [6, 6.07) is 17.9. The number of hydrogen-bond acceptors (Lipinski definition) is 2. The highest BCUT2D eigenvalue weighted by Gasteiger charge is 2.47. The molecule has 5 rings (SSSR count). The average Bonchev–Trinajstić information content (AvgIpc) is 3.02. The molecule has 212 valence electrons. The molecule has 0 aliphatic carbocycles. The SMILES string of the molecule is C=C(OC(C)=N)/C1=C(\CC)CCC2C(C(=C)[n+]3cc(C(C)(CC)CC)c(C)cc31)c1ccccc1-c1cccc[n+]12. The third-order valence-electron chi connectivity index (χ3n) is 9.71. The van der Waals surface area contributed by atoms with E-state index in [2.05, 4.69) is 111 Å². The van der Waals surface area contributed by atoms with Gasteiger partial charge in [-0.25, -0.2) is 0 Å². The topological polar surface area (TPSA) is 40.8 Å². The molecule has 2 unspecified atom stereocenters. The summed E-state index contributed by atoms with van der Waals surface area (Å²) in [5.74, 6) is 0.777. The Bertz CT molecular complexity index is 1570. The first kappa shape index (κ1) is 28.7. The quantitative estimate of drug-likeness (QED) is 0.143. The van der Waals surface area contributed by atoms with Crippen molar-refractivity contribution in [2.24, 2.45) is 0 Å². The molecule has 3 aromatic rings. The highest BCUT2D eigenvalue weighted by molar-refractivity contribution is 5.82. The molecule has 4 nitrogen and oxygen atoms in total. The van der Waals surface area contributed by atoms with Gasteiger partial charge in [0.15, 0.2) is 30.0 Å². The van der Waals surface area contributed by atoms with Gasteiger partial charge in [-0.1, -0.05) is 58.0 Å². The molecule has 4 heterocycles. The van der Waals surface area contributed by atoms with Gasteiger partial charge in [0.25, 0.3) is 0 Å². The van der Waals surface area contributed by atoms with Crippen LogP contribution in [0.5, 0.6) is 0 Å². The van der Waals surface area contributed by atoms with E-state index in [0.717, 1.165) is 49.1 Å². The number of benzene rings is 1. The predicted molar refractivity (Wildman–Crippen MR) is 169 cm³/mol. The third kappa shape index (κ3) is 4.88. The normalized spacial score (nSPS) is 20.0. The van der Waals surface area contributed by atoms with Crippen molar-refractivity contribution < 1.29 is 13.9 Å². The molecule has 0 amide bonds. The maximum absolute atomic E-state index is 8.10. The van der Waals surface area contributed by atoms with Crippen molar-refractivity contribution in [3.63, 3.8) is 0 Å². The summed E-state index contributed by atoms with van der Waals surface area (Å²) >= 11 is 0. The van der Waals surface area contributed by atoms with Crippen molar-refractivity contribution >= 4 is 17.2 Å². The van der Waals surface area contributed by atoms with Gasteiger partial charge < -0.3 is 4.74 Å². The van der Waals surface area contributed by atoms with Crippen LogP contribution in [0.3, 0.4) is 0 Å². The van der Waals surface area contributed by atoms with E-state index < -0.39 is 0 Å². The minimum Gasteiger partial charge on any atom is -0.444 e. The number of aromatic nitrogens is 2. The number of aryl methyl sites for hydroxylation is 1. The maximum Gasteiger partial charge on any atom is 0.222 e. The average molecular weight is 548 g/mol. The van der Waals surface area contributed by atoms with Crippen LogP contribution in [0.2, 0.25) is 0 Å². The lowest BCUT2D eigenvalue weighted by Crippen LogP contribution is -2.51. The van der Waals surface area contributed by atoms with Crippen LogP contribution in [0.15, 0.2) is 85.4 Å². The molecule has 2 aliphatic rings. The highest BCUT2D eigenvalue weighted by atomic mass is 16.5. The molecule has 0 saturated carbocycles. The molecule has 1 aromatic carbocycles. The fourth-order valence-electron chi connectivity index (χ4n) is 7.10. The number of hydrogen-bond donors (Lipinski definition) is 1. The Morgan fingerprint density at radius 3 is 2.46 bits per heavy atom. The zero-order valence-electron chi connectivity index (χ0n) is 25.7. The molecule has 2 aromatic heterocycles. The summed E-state index contributed by atoms with van der Waals surface area (Å²) in [5, 5.41) is 8.10. The number of nitrogens with one attached hydrogen (secondary N) is 1. The molecular weight excluding hydrogens is 502 g/mol. The zero-order chi connectivity index (χ0) is 29.5. The van der Waals surface area contributed by atoms with Crippen LogP contribution in [-0.2, 0) is 10.2 Å². The molecule has 2 atom stereocenters. The second-order valence-corrected chi connectivity index (χ2v) is 12.0. The Kier molecular flexibility index (Phi) is 7.87. The Balaban J connectivity index is 1.85. The molecular formula is C37H45N3O+2. The van der Waals surface area contributed by atoms with Crippen LogP contribution in [0, 0.1) is 12.3 Å². The van der Waals surface area contributed by atoms with Gasteiger partial charge in [0.05, 0.1) is 11.1 Å². The largest absolute Gasteiger partial charge is 0.444 e. The molecule has 0 radical (unpaired) electrons. The molecule has 0 spiro atoms. The van der Waals surface area contributed by atoms with Gasteiger partial charge in [0, 0.05) is 37.1 Å². The van der Waals surface area contributed by atoms with Gasteiger partial charge in [-0.05, 0) is 67.9 Å². The smallest absolute Gasteiger partial charge is 0.222 e. The fraction of sp³-hybridized carbons (Fsp3) is 0.378. The van der Waals surface area contributed by atoms with Gasteiger partial charge in [-0.2, -0.15) is 9.13 Å². The number of nitrogens with zero attached hydrogens (tertiary/aromatic N) is 2. The molecule has 1 N–H and O–H groups in total. The van der Waals surface area contributed by atoms with Gasteiger partial charge in [-0.3, -0.25) is 5.41 Å². The number of rotatable bonds is 6. The van der Waals surface area contributed by atoms with E-state index in [0.29, 0.717) is 5.76 Å². The fourth-order valence-corrected chi connectivity index (χ4v) is 7.10. The lowest BCUT2D eigenvalue weighted by atomic mass is 9.76. The number of allylic oxidation sites excluding steroid dienone is 3. The van der Waals surface area contributed by atoms with E-state index in [-0.39, 0.29) is 23.3 Å². The third-order valence-corrected chi connectivity index (χ3v) is 9.71. The first-order valence-electron chi connectivity index (χ1n) is 15.1. The van der Waals surface area contributed by atoms with Crippen molar-refractivity contribution in [3.8, 4) is 11.3 Å². The second-order valence-electron chi connectivity index (χ2n) is 12.0. The van der Waals surface area contributed by atoms with Crippen LogP contribution in [0.1, 0.15) is 101 Å². The van der Waals surface area contributed by atoms with Crippen LogP contribution < -0.4 is 9.13 Å². The summed E-state index contributed by atoms with van der Waals surface area (Å²) in [7, 11) is 0. The van der Waals surface area contributed by atoms with Crippen molar-refractivity contribution in [3.05, 3.63) is 108 Å². The second kappa shape index (κ2) is 11.2. The van der Waals surface area contributed by atoms with Crippen LogP contribution in [-0.4, -0.2) is 5.90 Å². The van der Waals surface area contributed by atoms with Crippen molar-refractivity contribution in [2.45, 2.75) is 91.0 Å². The molecule has 4 heteroatoms. The Hall–Kier alpha value is -3.79. The molecule has 41 heavy (non-hydrogen) atoms. The van der Waals surface area contributed by atoms with E-state index >= 15 is 0 Å². The van der Waals surface area contributed by atoms with E-state index in [1.165, 1.54) is 33.5 Å². The van der Waals surface area contributed by atoms with Crippen LogP contribution >= 0.6 is 0 Å². The van der Waals surface area contributed by atoms with Crippen molar-refractivity contribution in [1.29, 1.82) is 5.41 Å². The summed E-state index contributed by atoms with van der Waals surface area (Å²) < 4.78 is 10.8. The van der Waals surface area contributed by atoms with E-state index in [4.69, 9.17) is 16.7 Å². The molecule has 0 saturated heterocycles. The van der Waals surface area contributed by atoms with Gasteiger partial charge in [-0.15, -0.1) is 0 Å². The zero-order valence-corrected chi connectivity index (χ0v) is 25.7. The molecule has 0 bridgehead atoms. The number of fused-ring (bicyclic) bond motifs is 7. The van der Waals surface area contributed by atoms with Crippen LogP contribution in [0.25, 0.3) is 22.5 Å². The minimum absolute atomic E-state index is 0.0482. The van der Waals surface area contributed by atoms with Gasteiger partial charge in [0.2, 0.25) is 11.4 Å². The molecule has 2 aliphatic heterocycles. The van der Waals surface area contributed by atoms with E-state index in [9.17, 15) is 0 Å². The predicted octanol–water partition coefficient (Wildman–Crippen LogP) is 8.61. The Labute approximate surface area is 246 Å². The van der Waals surface area contributed by atoms with E-state index in [1.54, 1.807) is 6.92 Å². The Morgan fingerprint density at radius 2 is 1.78 bits per heavy atom. The summed E-state index contributed by atoms with van der Waals surface area (Å²) in [4.78, 5) is 0.